The number of hydrogen-bond donors (Lipinski definition) is 2. The highest BCUT2D eigenvalue weighted by Crippen LogP contribution is 1.80. The van der Waals surface area contributed by atoms with Crippen molar-refractivity contribution in [3.05, 3.63) is 0 Å². The van der Waals surface area contributed by atoms with Gasteiger partial charge in [0, 0.05) is 0 Å². The summed E-state index contributed by atoms with van der Waals surface area (Å²) < 4.78 is 3.28. The summed E-state index contributed by atoms with van der Waals surface area (Å²) in [6.45, 7) is 0. The second-order valence-electron chi connectivity index (χ2n) is 0.486. The van der Waals surface area contributed by atoms with Crippen LogP contribution in [0.1, 0.15) is 0 Å². The van der Waals surface area contributed by atoms with Crippen LogP contribution in [0, 0.1) is 0 Å². The van der Waals surface area contributed by atoms with E-state index < -0.39 is 7.32 Å². The van der Waals surface area contributed by atoms with Crippen molar-refractivity contribution in [1.82, 2.24) is 0 Å². The topological polar surface area (TPSA) is 58.9 Å². The summed E-state index contributed by atoms with van der Waals surface area (Å²) in [5, 5.41) is 15.4. The van der Waals surface area contributed by atoms with Crippen molar-refractivity contribution >= 4 is 19.2 Å². The molecule has 0 spiro atoms. The first kappa shape index (κ1) is 6.19. The van der Waals surface area contributed by atoms with Gasteiger partial charge in [-0.3, -0.25) is 0 Å². The Hall–Kier alpha value is 0.195. The van der Waals surface area contributed by atoms with Crippen LogP contribution in [-0.2, 0) is 9.25 Å². The molecule has 0 bridgehead atoms. The lowest BCUT2D eigenvalue weighted by molar-refractivity contribution is -0.131. The minimum atomic E-state index is -1.96. The van der Waals surface area contributed by atoms with Gasteiger partial charge in [-0.15, -0.1) is 4.44 Å². The molecule has 36 valence electrons. The van der Waals surface area contributed by atoms with E-state index in [1.807, 2.05) is 0 Å². The molecule has 4 nitrogen and oxygen atoms in total. The Morgan fingerprint density at radius 1 is 1.50 bits per heavy atom. The molecule has 0 fully saturated rings. The Bertz CT molecular complexity index is 28.7. The minimum absolute atomic E-state index is 1.96. The van der Waals surface area contributed by atoms with Gasteiger partial charge in [0.1, 0.15) is 0 Å². The van der Waals surface area contributed by atoms with Gasteiger partial charge < -0.3 is 10.0 Å². The van der Waals surface area contributed by atoms with E-state index in [0.717, 1.165) is 0 Å². The van der Waals surface area contributed by atoms with E-state index in [-0.39, 0.29) is 0 Å². The third kappa shape index (κ3) is 4.19. The fourth-order valence-corrected chi connectivity index (χ4v) is 0.0976. The second-order valence-corrected chi connectivity index (χ2v) is 0.611. The predicted molar refractivity (Wildman–Crippen MR) is 18.2 cm³/mol. The maximum Gasteiger partial charge on any atom is 0.663 e. The molecule has 0 amide bonds. The molecule has 2 N–H and O–H groups in total. The van der Waals surface area contributed by atoms with Gasteiger partial charge in [0.25, 0.3) is 0 Å². The van der Waals surface area contributed by atoms with E-state index in [1.165, 1.54) is 0 Å². The molecule has 0 radical (unpaired) electrons. The lowest BCUT2D eigenvalue weighted by Gasteiger charge is -1.87. The standard InChI is InChI=1S/BClH2O4/c2-6-5-1(3)4/h3-4H. The third-order valence-electron chi connectivity index (χ3n) is 0.122. The molecular weight excluding hydrogens is 110 g/mol. The zero-order valence-corrected chi connectivity index (χ0v) is 3.42. The van der Waals surface area contributed by atoms with E-state index in [4.69, 9.17) is 10.0 Å². The summed E-state index contributed by atoms with van der Waals surface area (Å²) >= 11 is 4.35. The van der Waals surface area contributed by atoms with Crippen molar-refractivity contribution in [2.24, 2.45) is 0 Å². The SMILES string of the molecule is OB(O)OOCl. The van der Waals surface area contributed by atoms with Gasteiger partial charge >= 0.3 is 7.32 Å². The smallest absolute Gasteiger partial charge is 0.400 e. The molecule has 0 atom stereocenters. The maximum absolute atomic E-state index is 7.68. The zero-order chi connectivity index (χ0) is 4.99. The highest BCUT2D eigenvalue weighted by atomic mass is 35.5. The lowest BCUT2D eigenvalue weighted by atomic mass is 10.3. The molecule has 0 aromatic rings. The average molecular weight is 112 g/mol. The van der Waals surface area contributed by atoms with Gasteiger partial charge in [-0.25, -0.2) is 4.81 Å². The lowest BCUT2D eigenvalue weighted by Crippen LogP contribution is -2.14. The van der Waals surface area contributed by atoms with Crippen LogP contribution in [0.15, 0.2) is 0 Å². The van der Waals surface area contributed by atoms with Gasteiger partial charge in [0.2, 0.25) is 0 Å². The maximum atomic E-state index is 7.68. The number of hydrogen-bond acceptors (Lipinski definition) is 4. The molecule has 0 rings (SSSR count). The van der Waals surface area contributed by atoms with E-state index in [9.17, 15) is 0 Å². The van der Waals surface area contributed by atoms with Crippen LogP contribution in [0.3, 0.4) is 0 Å². The van der Waals surface area contributed by atoms with Crippen LogP contribution in [0.4, 0.5) is 0 Å². The molecule has 0 unspecified atom stereocenters. The fourth-order valence-electron chi connectivity index (χ4n) is 0.0325. The number of rotatable bonds is 2. The average Bonchev–Trinajstić information content (AvgIpc) is 1.35. The fraction of sp³-hybridized carbons (Fsp3) is 0. The van der Waals surface area contributed by atoms with Crippen LogP contribution in [0.2, 0.25) is 0 Å². The highest BCUT2D eigenvalue weighted by molar-refractivity contribution is 6.32. The zero-order valence-electron chi connectivity index (χ0n) is 2.67. The first-order valence-electron chi connectivity index (χ1n) is 1.07. The van der Waals surface area contributed by atoms with Crippen LogP contribution < -0.4 is 0 Å². The van der Waals surface area contributed by atoms with Gasteiger partial charge in [0.15, 0.2) is 0 Å². The molecule has 0 aliphatic carbocycles. The van der Waals surface area contributed by atoms with Crippen LogP contribution in [0.5, 0.6) is 0 Å². The Morgan fingerprint density at radius 2 is 2.00 bits per heavy atom. The Morgan fingerprint density at radius 3 is 2.00 bits per heavy atom. The molecule has 6 heteroatoms. The minimum Gasteiger partial charge on any atom is -0.400 e. The van der Waals surface area contributed by atoms with Crippen molar-refractivity contribution < 1.29 is 19.3 Å². The quantitative estimate of drug-likeness (QED) is 0.275. The molecule has 0 saturated heterocycles. The first-order valence-corrected chi connectivity index (χ1v) is 1.38. The van der Waals surface area contributed by atoms with Crippen molar-refractivity contribution in [3.63, 3.8) is 0 Å². The van der Waals surface area contributed by atoms with Crippen molar-refractivity contribution in [3.8, 4) is 0 Å². The molecule has 0 aliphatic rings. The van der Waals surface area contributed by atoms with Crippen molar-refractivity contribution in [2.45, 2.75) is 0 Å². The summed E-state index contributed by atoms with van der Waals surface area (Å²) in [5.74, 6) is 0. The van der Waals surface area contributed by atoms with E-state index >= 15 is 0 Å². The van der Waals surface area contributed by atoms with E-state index in [0.29, 0.717) is 0 Å². The van der Waals surface area contributed by atoms with Crippen LogP contribution in [0.25, 0.3) is 0 Å². The number of halogens is 1. The van der Waals surface area contributed by atoms with Gasteiger partial charge in [0.05, 0.1) is 11.9 Å². The normalized spacial score (nSPS) is 8.50. The second kappa shape index (κ2) is 3.39. The predicted octanol–water partition coefficient (Wildman–Crippen LogP) is -0.942. The summed E-state index contributed by atoms with van der Waals surface area (Å²) in [6, 6.07) is 0. The Kier molecular flexibility index (Phi) is 3.50. The molecule has 0 heterocycles. The summed E-state index contributed by atoms with van der Waals surface area (Å²) in [7, 11) is -1.96. The third-order valence-corrected chi connectivity index (χ3v) is 0.195. The van der Waals surface area contributed by atoms with Crippen molar-refractivity contribution in [1.29, 1.82) is 0 Å². The van der Waals surface area contributed by atoms with E-state index in [2.05, 4.69) is 21.1 Å². The Balaban J connectivity index is 2.63. The van der Waals surface area contributed by atoms with Gasteiger partial charge in [-0.05, 0) is 0 Å². The molecule has 0 saturated carbocycles. The molecule has 0 aliphatic heterocycles. The van der Waals surface area contributed by atoms with Gasteiger partial charge in [-0.1, -0.05) is 0 Å². The summed E-state index contributed by atoms with van der Waals surface area (Å²) in [4.78, 5) is 3.42. The van der Waals surface area contributed by atoms with Crippen LogP contribution >= 0.6 is 11.9 Å². The monoisotopic (exact) mass is 112 g/mol. The van der Waals surface area contributed by atoms with Crippen LogP contribution in [-0.4, -0.2) is 17.4 Å². The summed E-state index contributed by atoms with van der Waals surface area (Å²) in [5.41, 5.74) is 0. The van der Waals surface area contributed by atoms with E-state index in [1.54, 1.807) is 0 Å². The largest absolute Gasteiger partial charge is 0.663 e. The first-order chi connectivity index (χ1) is 2.77. The molecule has 0 aromatic carbocycles. The highest BCUT2D eigenvalue weighted by Gasteiger charge is 2.07. The molecule has 0 aromatic heterocycles. The van der Waals surface area contributed by atoms with Crippen molar-refractivity contribution in [2.75, 3.05) is 0 Å². The molecule has 6 heavy (non-hydrogen) atoms. The Labute approximate surface area is 39.5 Å². The van der Waals surface area contributed by atoms with Gasteiger partial charge in [-0.2, -0.15) is 0 Å². The molecular formula is H2BClO4. The summed E-state index contributed by atoms with van der Waals surface area (Å²) in [6.07, 6.45) is 0.